The predicted molar refractivity (Wildman–Crippen MR) is 84.8 cm³/mol. The van der Waals surface area contributed by atoms with Gasteiger partial charge in [-0.15, -0.1) is 0 Å². The fourth-order valence-corrected chi connectivity index (χ4v) is 3.03. The molecule has 5 nitrogen and oxygen atoms in total. The van der Waals surface area contributed by atoms with Crippen molar-refractivity contribution in [2.45, 2.75) is 19.4 Å². The average molecular weight is 345 g/mol. The van der Waals surface area contributed by atoms with Crippen molar-refractivity contribution in [1.29, 1.82) is 0 Å². The minimum absolute atomic E-state index is 0.0242. The van der Waals surface area contributed by atoms with Crippen LogP contribution in [0.4, 0.5) is 0 Å². The normalized spacial score (nSPS) is 19.1. The Kier molecular flexibility index (Phi) is 5.67. The van der Waals surface area contributed by atoms with Crippen LogP contribution < -0.4 is 5.32 Å². The van der Waals surface area contributed by atoms with Crippen LogP contribution in [0.5, 0.6) is 0 Å². The number of benzene rings is 1. The second kappa shape index (κ2) is 7.31. The third kappa shape index (κ3) is 4.35. The third-order valence-electron chi connectivity index (χ3n) is 3.74. The van der Waals surface area contributed by atoms with E-state index in [4.69, 9.17) is 23.2 Å². The largest absolute Gasteiger partial charge is 0.387 e. The third-order valence-corrected chi connectivity index (χ3v) is 4.18. The van der Waals surface area contributed by atoms with Gasteiger partial charge in [0.2, 0.25) is 11.8 Å². The molecule has 2 atom stereocenters. The molecular weight excluding hydrogens is 327 g/mol. The topological polar surface area (TPSA) is 69.6 Å². The molecule has 1 fully saturated rings. The summed E-state index contributed by atoms with van der Waals surface area (Å²) in [5, 5.41) is 13.7. The second-order valence-corrected chi connectivity index (χ2v) is 6.29. The van der Waals surface area contributed by atoms with E-state index in [1.807, 2.05) is 0 Å². The van der Waals surface area contributed by atoms with Crippen LogP contribution in [-0.2, 0) is 9.59 Å². The fraction of sp³-hybridized carbons (Fsp3) is 0.467. The number of amides is 2. The summed E-state index contributed by atoms with van der Waals surface area (Å²) < 4.78 is 0. The number of hydrogen-bond acceptors (Lipinski definition) is 3. The van der Waals surface area contributed by atoms with Crippen LogP contribution >= 0.6 is 23.2 Å². The molecule has 1 aliphatic heterocycles. The summed E-state index contributed by atoms with van der Waals surface area (Å²) in [4.78, 5) is 25.0. The van der Waals surface area contributed by atoms with Gasteiger partial charge in [0.1, 0.15) is 0 Å². The predicted octanol–water partition coefficient (Wildman–Crippen LogP) is 2.01. The highest BCUT2D eigenvalue weighted by Gasteiger charge is 2.29. The zero-order valence-electron chi connectivity index (χ0n) is 12.2. The quantitative estimate of drug-likeness (QED) is 0.877. The molecule has 22 heavy (non-hydrogen) atoms. The number of likely N-dealkylation sites (tertiary alicyclic amines) is 1. The van der Waals surface area contributed by atoms with Gasteiger partial charge in [-0.05, 0) is 30.2 Å². The summed E-state index contributed by atoms with van der Waals surface area (Å²) in [5.41, 5.74) is 0.551. The van der Waals surface area contributed by atoms with Gasteiger partial charge in [-0.3, -0.25) is 9.59 Å². The second-order valence-electron chi connectivity index (χ2n) is 5.41. The highest BCUT2D eigenvalue weighted by Crippen LogP contribution is 2.23. The summed E-state index contributed by atoms with van der Waals surface area (Å²) in [6.07, 6.45) is -0.240. The first-order chi connectivity index (χ1) is 10.4. The molecule has 1 aliphatic rings. The van der Waals surface area contributed by atoms with E-state index in [2.05, 4.69) is 5.32 Å². The van der Waals surface area contributed by atoms with Crippen LogP contribution in [0.15, 0.2) is 18.2 Å². The van der Waals surface area contributed by atoms with Crippen molar-refractivity contribution in [2.24, 2.45) is 5.92 Å². The standard InChI is InChI=1S/C15H18Cl2N2O3/c1-9(20)19-3-2-10(8-19)15(22)18-7-14(21)11-4-12(16)6-13(17)5-11/h4-6,10,14,21H,2-3,7-8H2,1H3,(H,18,22). The SMILES string of the molecule is CC(=O)N1CCC(C(=O)NCC(O)c2cc(Cl)cc(Cl)c2)C1. The Morgan fingerprint density at radius 1 is 1.36 bits per heavy atom. The minimum atomic E-state index is -0.884. The lowest BCUT2D eigenvalue weighted by atomic mass is 10.1. The maximum atomic E-state index is 12.1. The van der Waals surface area contributed by atoms with E-state index < -0.39 is 6.10 Å². The van der Waals surface area contributed by atoms with Crippen molar-refractivity contribution in [3.8, 4) is 0 Å². The fourth-order valence-electron chi connectivity index (χ4n) is 2.49. The Bertz CT molecular complexity index is 560. The first-order valence-electron chi connectivity index (χ1n) is 7.04. The van der Waals surface area contributed by atoms with E-state index in [0.29, 0.717) is 35.1 Å². The number of hydrogen-bond donors (Lipinski definition) is 2. The Balaban J connectivity index is 1.87. The highest BCUT2D eigenvalue weighted by molar-refractivity contribution is 6.34. The van der Waals surface area contributed by atoms with E-state index in [1.165, 1.54) is 6.92 Å². The lowest BCUT2D eigenvalue weighted by Gasteiger charge is -2.16. The van der Waals surface area contributed by atoms with Gasteiger partial charge in [0, 0.05) is 36.6 Å². The zero-order valence-corrected chi connectivity index (χ0v) is 13.7. The maximum Gasteiger partial charge on any atom is 0.225 e. The van der Waals surface area contributed by atoms with Crippen molar-refractivity contribution in [3.05, 3.63) is 33.8 Å². The Hall–Kier alpha value is -1.30. The van der Waals surface area contributed by atoms with E-state index in [-0.39, 0.29) is 24.3 Å². The molecule has 0 aliphatic carbocycles. The van der Waals surface area contributed by atoms with E-state index in [0.717, 1.165) is 0 Å². The maximum absolute atomic E-state index is 12.1. The number of aliphatic hydroxyl groups is 1. The molecule has 0 radical (unpaired) electrons. The van der Waals surface area contributed by atoms with E-state index in [9.17, 15) is 14.7 Å². The molecule has 0 bridgehead atoms. The molecule has 0 aromatic heterocycles. The summed E-state index contributed by atoms with van der Waals surface area (Å²) in [5.74, 6) is -0.404. The Labute approximate surface area is 139 Å². The molecule has 2 N–H and O–H groups in total. The first-order valence-corrected chi connectivity index (χ1v) is 7.79. The van der Waals surface area contributed by atoms with Crippen LogP contribution in [0, 0.1) is 5.92 Å². The molecule has 0 saturated carbocycles. The van der Waals surface area contributed by atoms with Crippen molar-refractivity contribution in [1.82, 2.24) is 10.2 Å². The van der Waals surface area contributed by atoms with Crippen molar-refractivity contribution in [2.75, 3.05) is 19.6 Å². The van der Waals surface area contributed by atoms with Crippen molar-refractivity contribution in [3.63, 3.8) is 0 Å². The van der Waals surface area contributed by atoms with Gasteiger partial charge in [0.15, 0.2) is 0 Å². The van der Waals surface area contributed by atoms with Crippen molar-refractivity contribution < 1.29 is 14.7 Å². The number of aliphatic hydroxyl groups excluding tert-OH is 1. The Morgan fingerprint density at radius 3 is 2.55 bits per heavy atom. The molecule has 7 heteroatoms. The van der Waals surface area contributed by atoms with Crippen molar-refractivity contribution >= 4 is 35.0 Å². The van der Waals surface area contributed by atoms with Crippen LogP contribution in [0.2, 0.25) is 10.0 Å². The van der Waals surface area contributed by atoms with Crippen LogP contribution in [-0.4, -0.2) is 41.5 Å². The number of nitrogens with one attached hydrogen (secondary N) is 1. The Morgan fingerprint density at radius 2 is 2.00 bits per heavy atom. The molecule has 1 saturated heterocycles. The lowest BCUT2D eigenvalue weighted by molar-refractivity contribution is -0.128. The van der Waals surface area contributed by atoms with E-state index >= 15 is 0 Å². The average Bonchev–Trinajstić information content (AvgIpc) is 2.93. The molecule has 1 aromatic rings. The molecule has 2 unspecified atom stereocenters. The number of carbonyl (C=O) groups is 2. The number of carbonyl (C=O) groups excluding carboxylic acids is 2. The molecule has 120 valence electrons. The smallest absolute Gasteiger partial charge is 0.225 e. The summed E-state index contributed by atoms with van der Waals surface area (Å²) in [7, 11) is 0. The first kappa shape index (κ1) is 17.1. The monoisotopic (exact) mass is 344 g/mol. The molecule has 1 heterocycles. The van der Waals surface area contributed by atoms with Crippen LogP contribution in [0.25, 0.3) is 0 Å². The molecule has 2 rings (SSSR count). The van der Waals surface area contributed by atoms with Gasteiger partial charge in [0.05, 0.1) is 12.0 Å². The lowest BCUT2D eigenvalue weighted by Crippen LogP contribution is -2.36. The summed E-state index contributed by atoms with van der Waals surface area (Å²) >= 11 is 11.8. The van der Waals surface area contributed by atoms with Gasteiger partial charge in [-0.1, -0.05) is 23.2 Å². The van der Waals surface area contributed by atoms with Crippen LogP contribution in [0.1, 0.15) is 25.0 Å². The summed E-state index contributed by atoms with van der Waals surface area (Å²) in [6, 6.07) is 4.79. The molecule has 2 amide bonds. The molecule has 1 aromatic carbocycles. The summed E-state index contributed by atoms with van der Waals surface area (Å²) in [6.45, 7) is 2.60. The highest BCUT2D eigenvalue weighted by atomic mass is 35.5. The van der Waals surface area contributed by atoms with Gasteiger partial charge < -0.3 is 15.3 Å². The van der Waals surface area contributed by atoms with Gasteiger partial charge >= 0.3 is 0 Å². The van der Waals surface area contributed by atoms with Crippen LogP contribution in [0.3, 0.4) is 0 Å². The number of halogens is 2. The minimum Gasteiger partial charge on any atom is -0.387 e. The number of nitrogens with zero attached hydrogens (tertiary/aromatic N) is 1. The van der Waals surface area contributed by atoms with Gasteiger partial charge in [-0.25, -0.2) is 0 Å². The van der Waals surface area contributed by atoms with Gasteiger partial charge in [0.25, 0.3) is 0 Å². The molecule has 0 spiro atoms. The molecular formula is C15H18Cl2N2O3. The zero-order chi connectivity index (χ0) is 16.3. The van der Waals surface area contributed by atoms with E-state index in [1.54, 1.807) is 23.1 Å². The van der Waals surface area contributed by atoms with Gasteiger partial charge in [-0.2, -0.15) is 0 Å². The number of rotatable bonds is 4.